The number of sulfonamides is 1. The van der Waals surface area contributed by atoms with E-state index in [4.69, 9.17) is 0 Å². The normalized spacial score (nSPS) is 13.5. The van der Waals surface area contributed by atoms with Gasteiger partial charge in [0.2, 0.25) is 0 Å². The fourth-order valence-corrected chi connectivity index (χ4v) is 4.29. The minimum atomic E-state index is -3.67. The molecule has 3 aromatic rings. The summed E-state index contributed by atoms with van der Waals surface area (Å²) in [7, 11) is -3.67. The quantitative estimate of drug-likeness (QED) is 0.653. The number of hydrogen-bond donors (Lipinski definition) is 2. The maximum atomic E-state index is 12.5. The zero-order valence-electron chi connectivity index (χ0n) is 16.2. The van der Waals surface area contributed by atoms with E-state index in [2.05, 4.69) is 15.0 Å². The Morgan fingerprint density at radius 3 is 2.13 bits per heavy atom. The molecule has 1 aliphatic heterocycles. The van der Waals surface area contributed by atoms with Gasteiger partial charge in [0.1, 0.15) is 5.84 Å². The van der Waals surface area contributed by atoms with Crippen molar-refractivity contribution in [2.24, 2.45) is 4.99 Å². The Labute approximate surface area is 175 Å². The summed E-state index contributed by atoms with van der Waals surface area (Å²) in [4.78, 5) is 16.8. The molecule has 0 fully saturated rings. The third kappa shape index (κ3) is 4.58. The van der Waals surface area contributed by atoms with Crippen molar-refractivity contribution in [2.75, 3.05) is 11.9 Å². The highest BCUT2D eigenvalue weighted by Gasteiger charge is 2.18. The maximum absolute atomic E-state index is 12.5. The Kier molecular flexibility index (Phi) is 5.63. The van der Waals surface area contributed by atoms with Crippen LogP contribution in [0.3, 0.4) is 0 Å². The molecule has 4 rings (SSSR count). The summed E-state index contributed by atoms with van der Waals surface area (Å²) < 4.78 is 27.3. The van der Waals surface area contributed by atoms with Gasteiger partial charge in [-0.15, -0.1) is 0 Å². The Bertz CT molecular complexity index is 1170. The van der Waals surface area contributed by atoms with Crippen molar-refractivity contribution in [3.8, 4) is 11.1 Å². The van der Waals surface area contributed by atoms with Gasteiger partial charge in [-0.25, -0.2) is 8.42 Å². The second-order valence-electron chi connectivity index (χ2n) is 6.96. The van der Waals surface area contributed by atoms with Crippen LogP contribution < -0.4 is 10.0 Å². The topological polar surface area (TPSA) is 87.6 Å². The van der Waals surface area contributed by atoms with Gasteiger partial charge in [0, 0.05) is 24.2 Å². The van der Waals surface area contributed by atoms with E-state index in [9.17, 15) is 13.2 Å². The van der Waals surface area contributed by atoms with Crippen molar-refractivity contribution >= 4 is 27.5 Å². The third-order valence-electron chi connectivity index (χ3n) is 4.80. The molecule has 6 nitrogen and oxygen atoms in total. The summed E-state index contributed by atoms with van der Waals surface area (Å²) in [5.41, 5.74) is 3.15. The molecule has 0 spiro atoms. The van der Waals surface area contributed by atoms with E-state index < -0.39 is 10.0 Å². The molecule has 0 atom stereocenters. The van der Waals surface area contributed by atoms with Gasteiger partial charge < -0.3 is 5.32 Å². The zero-order valence-corrected chi connectivity index (χ0v) is 17.0. The van der Waals surface area contributed by atoms with Crippen LogP contribution in [-0.4, -0.2) is 26.7 Å². The number of carbonyl (C=O) groups is 1. The first-order valence-electron chi connectivity index (χ1n) is 9.64. The molecule has 0 unspecified atom stereocenters. The summed E-state index contributed by atoms with van der Waals surface area (Å²) in [6.45, 7) is 0.648. The van der Waals surface area contributed by atoms with Gasteiger partial charge in [-0.2, -0.15) is 0 Å². The number of aliphatic imine (C=N–C) groups is 1. The lowest BCUT2D eigenvalue weighted by Gasteiger charge is -2.09. The van der Waals surface area contributed by atoms with Crippen LogP contribution in [0, 0.1) is 0 Å². The fourth-order valence-electron chi connectivity index (χ4n) is 3.20. The summed E-state index contributed by atoms with van der Waals surface area (Å²) >= 11 is 0. The lowest BCUT2D eigenvalue weighted by molar-refractivity contribution is 0.102. The van der Waals surface area contributed by atoms with E-state index in [-0.39, 0.29) is 10.8 Å². The number of amidine groups is 1. The van der Waals surface area contributed by atoms with Crippen LogP contribution in [-0.2, 0) is 10.0 Å². The number of benzene rings is 3. The molecule has 3 aromatic carbocycles. The molecule has 1 aliphatic rings. The van der Waals surface area contributed by atoms with Crippen molar-refractivity contribution in [1.29, 1.82) is 0 Å². The van der Waals surface area contributed by atoms with Crippen molar-refractivity contribution < 1.29 is 13.2 Å². The highest BCUT2D eigenvalue weighted by atomic mass is 32.2. The summed E-state index contributed by atoms with van der Waals surface area (Å²) in [6.07, 6.45) is 1.49. The number of nitrogens with zero attached hydrogens (tertiary/aromatic N) is 1. The predicted molar refractivity (Wildman–Crippen MR) is 118 cm³/mol. The zero-order chi connectivity index (χ0) is 21.0. The van der Waals surface area contributed by atoms with Gasteiger partial charge >= 0.3 is 0 Å². The fraction of sp³-hybridized carbons (Fsp3) is 0.130. The molecule has 7 heteroatoms. The Morgan fingerprint density at radius 2 is 1.50 bits per heavy atom. The molecule has 0 saturated heterocycles. The van der Waals surface area contributed by atoms with Crippen LogP contribution in [0.1, 0.15) is 23.2 Å². The molecule has 0 saturated carbocycles. The molecule has 0 aromatic heterocycles. The molecule has 0 bridgehead atoms. The Balaban J connectivity index is 1.42. The van der Waals surface area contributed by atoms with E-state index in [1.54, 1.807) is 24.3 Å². The van der Waals surface area contributed by atoms with Crippen LogP contribution in [0.25, 0.3) is 11.1 Å². The monoisotopic (exact) mass is 419 g/mol. The largest absolute Gasteiger partial charge is 0.322 e. The van der Waals surface area contributed by atoms with Crippen LogP contribution in [0.4, 0.5) is 5.69 Å². The van der Waals surface area contributed by atoms with E-state index >= 15 is 0 Å². The van der Waals surface area contributed by atoms with Crippen molar-refractivity contribution in [2.45, 2.75) is 17.7 Å². The number of nitrogens with one attached hydrogen (secondary N) is 2. The van der Waals surface area contributed by atoms with Crippen LogP contribution in [0.2, 0.25) is 0 Å². The highest BCUT2D eigenvalue weighted by Crippen LogP contribution is 2.20. The highest BCUT2D eigenvalue weighted by molar-refractivity contribution is 7.90. The SMILES string of the molecule is O=C(Nc1ccc(S(=O)(=O)NC2=NCCC2)cc1)c1ccc(-c2ccccc2)cc1. The molecule has 152 valence electrons. The third-order valence-corrected chi connectivity index (χ3v) is 6.20. The van der Waals surface area contributed by atoms with Crippen molar-refractivity contribution in [3.05, 3.63) is 84.4 Å². The number of amides is 1. The number of rotatable bonds is 5. The number of hydrogen-bond acceptors (Lipinski definition) is 4. The summed E-state index contributed by atoms with van der Waals surface area (Å²) in [5, 5.41) is 2.79. The lowest BCUT2D eigenvalue weighted by Crippen LogP contribution is -2.29. The summed E-state index contributed by atoms with van der Waals surface area (Å²) in [5.74, 6) is 0.231. The molecule has 1 heterocycles. The molecule has 1 amide bonds. The van der Waals surface area contributed by atoms with Crippen LogP contribution >= 0.6 is 0 Å². The summed E-state index contributed by atoms with van der Waals surface area (Å²) in [6, 6.07) is 23.3. The second-order valence-corrected chi connectivity index (χ2v) is 8.64. The van der Waals surface area contributed by atoms with Gasteiger partial charge in [-0.05, 0) is 53.9 Å². The average molecular weight is 420 g/mol. The van der Waals surface area contributed by atoms with Crippen molar-refractivity contribution in [3.63, 3.8) is 0 Å². The van der Waals surface area contributed by atoms with Gasteiger partial charge in [-0.1, -0.05) is 42.5 Å². The Morgan fingerprint density at radius 1 is 0.833 bits per heavy atom. The maximum Gasteiger partial charge on any atom is 0.262 e. The molecular weight excluding hydrogens is 398 g/mol. The second kappa shape index (κ2) is 8.51. The Hall–Kier alpha value is -3.45. The minimum Gasteiger partial charge on any atom is -0.322 e. The molecule has 30 heavy (non-hydrogen) atoms. The lowest BCUT2D eigenvalue weighted by atomic mass is 10.0. The smallest absolute Gasteiger partial charge is 0.262 e. The van der Waals surface area contributed by atoms with E-state index in [1.807, 2.05) is 42.5 Å². The van der Waals surface area contributed by atoms with Crippen molar-refractivity contribution in [1.82, 2.24) is 4.72 Å². The van der Waals surface area contributed by atoms with Crippen LogP contribution in [0.5, 0.6) is 0 Å². The van der Waals surface area contributed by atoms with Gasteiger partial charge in [-0.3, -0.25) is 14.5 Å². The average Bonchev–Trinajstić information content (AvgIpc) is 3.27. The molecule has 2 N–H and O–H groups in total. The van der Waals surface area contributed by atoms with E-state index in [0.29, 0.717) is 30.1 Å². The first kappa shape index (κ1) is 19.8. The van der Waals surface area contributed by atoms with Gasteiger partial charge in [0.25, 0.3) is 15.9 Å². The first-order chi connectivity index (χ1) is 14.5. The molecule has 0 radical (unpaired) electrons. The van der Waals surface area contributed by atoms with Crippen LogP contribution in [0.15, 0.2) is 88.8 Å². The number of carbonyl (C=O) groups excluding carboxylic acids is 1. The van der Waals surface area contributed by atoms with E-state index in [0.717, 1.165) is 17.5 Å². The minimum absolute atomic E-state index is 0.127. The van der Waals surface area contributed by atoms with Gasteiger partial charge in [0.05, 0.1) is 4.90 Å². The van der Waals surface area contributed by atoms with E-state index in [1.165, 1.54) is 12.1 Å². The standard InChI is InChI=1S/C23H21N3O3S/c27-23(19-10-8-18(9-11-19)17-5-2-1-3-6-17)25-20-12-14-21(15-13-20)30(28,29)26-22-7-4-16-24-22/h1-3,5-6,8-15H,4,7,16H2,(H,24,26)(H,25,27). The first-order valence-corrected chi connectivity index (χ1v) is 11.1. The predicted octanol–water partition coefficient (Wildman–Crippen LogP) is 4.08. The molecular formula is C23H21N3O3S. The van der Waals surface area contributed by atoms with Gasteiger partial charge in [0.15, 0.2) is 0 Å². The molecule has 0 aliphatic carbocycles. The number of anilines is 1.